The van der Waals surface area contributed by atoms with E-state index in [4.69, 9.17) is 18.3 Å². The Morgan fingerprint density at radius 3 is 2.02 bits per heavy atom. The third-order valence-electron chi connectivity index (χ3n) is 13.4. The van der Waals surface area contributed by atoms with E-state index in [0.717, 1.165) is 19.3 Å². The number of esters is 2. The summed E-state index contributed by atoms with van der Waals surface area (Å²) in [5.74, 6) is 0.342. The predicted octanol–water partition coefficient (Wildman–Crippen LogP) is 9.62. The van der Waals surface area contributed by atoms with E-state index in [1.807, 2.05) is 0 Å². The van der Waals surface area contributed by atoms with E-state index in [2.05, 4.69) is 121 Å². The highest BCUT2D eigenvalue weighted by atomic mass is 28.4. The van der Waals surface area contributed by atoms with Crippen LogP contribution in [0.5, 0.6) is 0 Å². The molecule has 0 bridgehead atoms. The molecule has 0 radical (unpaired) electrons. The van der Waals surface area contributed by atoms with Crippen LogP contribution in [-0.4, -0.2) is 53.0 Å². The average Bonchev–Trinajstić information content (AvgIpc) is 3.28. The van der Waals surface area contributed by atoms with Crippen LogP contribution < -0.4 is 0 Å². The van der Waals surface area contributed by atoms with Crippen LogP contribution in [-0.2, 0) is 27.9 Å². The lowest BCUT2D eigenvalue weighted by atomic mass is 9.66. The van der Waals surface area contributed by atoms with Crippen LogP contribution in [0.1, 0.15) is 108 Å². The van der Waals surface area contributed by atoms with Gasteiger partial charge in [0.25, 0.3) is 0 Å². The van der Waals surface area contributed by atoms with Crippen molar-refractivity contribution in [2.24, 2.45) is 34.5 Å². The van der Waals surface area contributed by atoms with Crippen molar-refractivity contribution in [2.45, 2.75) is 169 Å². The first-order valence-corrected chi connectivity index (χ1v) is 23.8. The molecule has 46 heavy (non-hydrogen) atoms. The first-order valence-electron chi connectivity index (χ1n) is 17.9. The standard InChI is InChI=1S/C38H66O6Si2/c1-24-16-17-25-20-27(43-45(12,13)35(2,3)4)22-30(42-34(40)33-37(8,9)38(33,10)11)32(25)29(24)19-18-26-21-28(23-31(39)41-26)44-46(14,15)36(5,6)7/h16-17,20,24,26-30,32-33H,18-19,21-23H2,1-15H3/t24-,26+,27+,28+,29-,30-,32-/m0/s1. The molecule has 7 atom stereocenters. The Morgan fingerprint density at radius 1 is 0.913 bits per heavy atom. The van der Waals surface area contributed by atoms with Crippen molar-refractivity contribution in [3.05, 3.63) is 23.8 Å². The maximum Gasteiger partial charge on any atom is 0.310 e. The van der Waals surface area contributed by atoms with Crippen LogP contribution in [0.3, 0.4) is 0 Å². The van der Waals surface area contributed by atoms with E-state index in [9.17, 15) is 9.59 Å². The molecule has 0 spiro atoms. The Bertz CT molecular complexity index is 1200. The molecular weight excluding hydrogens is 609 g/mol. The number of rotatable bonds is 9. The predicted molar refractivity (Wildman–Crippen MR) is 191 cm³/mol. The molecule has 1 saturated carbocycles. The summed E-state index contributed by atoms with van der Waals surface area (Å²) in [6.45, 7) is 33.6. The monoisotopic (exact) mass is 674 g/mol. The highest BCUT2D eigenvalue weighted by Crippen LogP contribution is 2.69. The summed E-state index contributed by atoms with van der Waals surface area (Å²) in [6.07, 6.45) is 9.72. The number of allylic oxidation sites excluding steroid dienone is 2. The molecule has 0 aromatic carbocycles. The smallest absolute Gasteiger partial charge is 0.310 e. The van der Waals surface area contributed by atoms with Gasteiger partial charge in [0.1, 0.15) is 12.2 Å². The highest BCUT2D eigenvalue weighted by molar-refractivity contribution is 6.74. The lowest BCUT2D eigenvalue weighted by Gasteiger charge is -2.46. The van der Waals surface area contributed by atoms with Crippen molar-refractivity contribution < 1.29 is 27.9 Å². The summed E-state index contributed by atoms with van der Waals surface area (Å²) < 4.78 is 26.1. The van der Waals surface area contributed by atoms with Gasteiger partial charge in [-0.15, -0.1) is 0 Å². The fourth-order valence-electron chi connectivity index (χ4n) is 7.69. The van der Waals surface area contributed by atoms with Crippen LogP contribution in [0.2, 0.25) is 36.3 Å². The third-order valence-corrected chi connectivity index (χ3v) is 22.5. The lowest BCUT2D eigenvalue weighted by molar-refractivity contribution is -0.161. The summed E-state index contributed by atoms with van der Waals surface area (Å²) in [6, 6.07) is 0. The van der Waals surface area contributed by atoms with E-state index in [-0.39, 0.29) is 75.0 Å². The van der Waals surface area contributed by atoms with Crippen molar-refractivity contribution in [2.75, 3.05) is 0 Å². The van der Waals surface area contributed by atoms with Crippen molar-refractivity contribution in [1.82, 2.24) is 0 Å². The zero-order valence-electron chi connectivity index (χ0n) is 31.8. The summed E-state index contributed by atoms with van der Waals surface area (Å²) >= 11 is 0. The van der Waals surface area contributed by atoms with Gasteiger partial charge in [-0.2, -0.15) is 0 Å². The second kappa shape index (κ2) is 12.6. The largest absolute Gasteiger partial charge is 0.462 e. The number of carbonyl (C=O) groups excluding carboxylic acids is 2. The highest BCUT2D eigenvalue weighted by Gasteiger charge is 2.69. The molecule has 0 aromatic heterocycles. The van der Waals surface area contributed by atoms with E-state index >= 15 is 0 Å². The van der Waals surface area contributed by atoms with Crippen molar-refractivity contribution >= 4 is 28.6 Å². The van der Waals surface area contributed by atoms with Crippen molar-refractivity contribution in [3.63, 3.8) is 0 Å². The summed E-state index contributed by atoms with van der Waals surface area (Å²) in [5.41, 5.74) is 1.06. The summed E-state index contributed by atoms with van der Waals surface area (Å²) in [4.78, 5) is 26.6. The molecule has 0 N–H and O–H groups in total. The Kier molecular flexibility index (Phi) is 10.3. The molecule has 4 aliphatic rings. The number of carbonyl (C=O) groups is 2. The van der Waals surface area contributed by atoms with Gasteiger partial charge in [-0.3, -0.25) is 9.59 Å². The van der Waals surface area contributed by atoms with Gasteiger partial charge in [0.2, 0.25) is 0 Å². The molecule has 3 aliphatic carbocycles. The molecule has 1 aliphatic heterocycles. The van der Waals surface area contributed by atoms with Gasteiger partial charge in [0.05, 0.1) is 24.5 Å². The number of ether oxygens (including phenoxy) is 2. The first kappa shape index (κ1) is 37.6. The van der Waals surface area contributed by atoms with E-state index < -0.39 is 16.6 Å². The SMILES string of the molecule is C[C@H]1C=CC2=C[C@@H](O[Si](C)(C)C(C)(C)C)C[C@H](OC(=O)C3C(C)(C)C3(C)C)[C@@H]2[C@H]1CC[C@@H]1C[C@@H](O[Si](C)(C)C(C)(C)C)CC(=O)O1. The Hall–Kier alpha value is -1.23. The second-order valence-corrected chi connectivity index (χ2v) is 28.7. The van der Waals surface area contributed by atoms with Gasteiger partial charge in [-0.1, -0.05) is 94.4 Å². The minimum atomic E-state index is -2.05. The van der Waals surface area contributed by atoms with Gasteiger partial charge < -0.3 is 18.3 Å². The minimum absolute atomic E-state index is 0.0693. The van der Waals surface area contributed by atoms with Gasteiger partial charge in [0, 0.05) is 18.8 Å². The van der Waals surface area contributed by atoms with E-state index in [0.29, 0.717) is 18.8 Å². The minimum Gasteiger partial charge on any atom is -0.462 e. The molecule has 262 valence electrons. The van der Waals surface area contributed by atoms with Crippen LogP contribution in [0.15, 0.2) is 23.8 Å². The van der Waals surface area contributed by atoms with E-state index in [1.54, 1.807) is 0 Å². The average molecular weight is 675 g/mol. The molecule has 1 saturated heterocycles. The maximum absolute atomic E-state index is 13.8. The fourth-order valence-corrected chi connectivity index (χ4v) is 10.3. The normalized spacial score (nSPS) is 33.2. The molecular formula is C38H66O6Si2. The molecule has 0 unspecified atom stereocenters. The van der Waals surface area contributed by atoms with Gasteiger partial charge >= 0.3 is 11.9 Å². The second-order valence-electron chi connectivity index (χ2n) is 19.2. The quantitative estimate of drug-likeness (QED) is 0.179. The Balaban J connectivity index is 1.56. The lowest BCUT2D eigenvalue weighted by Crippen LogP contribution is -2.48. The molecule has 6 nitrogen and oxygen atoms in total. The molecule has 0 aromatic rings. The first-order chi connectivity index (χ1) is 20.8. The number of hydrogen-bond donors (Lipinski definition) is 0. The van der Waals surface area contributed by atoms with Gasteiger partial charge in [-0.25, -0.2) is 0 Å². The van der Waals surface area contributed by atoms with E-state index in [1.165, 1.54) is 5.57 Å². The molecule has 8 heteroatoms. The van der Waals surface area contributed by atoms with Crippen LogP contribution in [0.4, 0.5) is 0 Å². The van der Waals surface area contributed by atoms with Crippen LogP contribution >= 0.6 is 0 Å². The molecule has 4 rings (SSSR count). The Labute approximate surface area is 283 Å². The summed E-state index contributed by atoms with van der Waals surface area (Å²) in [7, 11) is -4.06. The van der Waals surface area contributed by atoms with Crippen LogP contribution in [0.25, 0.3) is 0 Å². The maximum atomic E-state index is 13.8. The third kappa shape index (κ3) is 7.50. The summed E-state index contributed by atoms with van der Waals surface area (Å²) in [5, 5.41) is 0.167. The Morgan fingerprint density at radius 2 is 1.48 bits per heavy atom. The number of hydrogen-bond acceptors (Lipinski definition) is 6. The molecule has 1 heterocycles. The number of cyclic esters (lactones) is 1. The zero-order chi connectivity index (χ0) is 34.8. The topological polar surface area (TPSA) is 71.1 Å². The molecule has 2 fully saturated rings. The zero-order valence-corrected chi connectivity index (χ0v) is 33.8. The van der Waals surface area contributed by atoms with Crippen molar-refractivity contribution in [3.8, 4) is 0 Å². The fraction of sp³-hybridized carbons (Fsp3) is 0.842. The van der Waals surface area contributed by atoms with Crippen molar-refractivity contribution in [1.29, 1.82) is 0 Å². The van der Waals surface area contributed by atoms with Gasteiger partial charge in [-0.05, 0) is 77.3 Å². The molecule has 0 amide bonds. The van der Waals surface area contributed by atoms with Gasteiger partial charge in [0.15, 0.2) is 16.6 Å². The van der Waals surface area contributed by atoms with Crippen LogP contribution in [0, 0.1) is 34.5 Å². The number of fused-ring (bicyclic) bond motifs is 1.